The molecule has 2 atom stereocenters. The molecule has 2 fully saturated rings. The number of rotatable bonds is 6. The fourth-order valence-corrected chi connectivity index (χ4v) is 5.82. The van der Waals surface area contributed by atoms with Crippen molar-refractivity contribution >= 4 is 11.2 Å². The lowest BCUT2D eigenvalue weighted by Gasteiger charge is -2.42. The largest absolute Gasteiger partial charge is 0.606 e. The molecule has 31 heavy (non-hydrogen) atoms. The van der Waals surface area contributed by atoms with Crippen molar-refractivity contribution in [2.24, 2.45) is 0 Å². The second kappa shape index (κ2) is 10.5. The normalized spacial score (nSPS) is 20.7. The molecule has 1 heterocycles. The van der Waals surface area contributed by atoms with E-state index in [2.05, 4.69) is 15.9 Å². The Hall–Kier alpha value is -2.04. The third kappa shape index (κ3) is 5.24. The van der Waals surface area contributed by atoms with Crippen molar-refractivity contribution in [2.75, 3.05) is 33.3 Å². The monoisotopic (exact) mass is 437 g/mol. The average molecular weight is 438 g/mol. The van der Waals surface area contributed by atoms with Crippen LogP contribution in [-0.2, 0) is 11.2 Å². The van der Waals surface area contributed by atoms with E-state index in [0.717, 1.165) is 53.3 Å². The molecule has 164 valence electrons. The van der Waals surface area contributed by atoms with Crippen LogP contribution in [0.5, 0.6) is 5.75 Å². The average Bonchev–Trinajstić information content (AvgIpc) is 2.85. The lowest BCUT2D eigenvalue weighted by molar-refractivity contribution is 0.0676. The van der Waals surface area contributed by atoms with Crippen LogP contribution >= 0.6 is 0 Å². The number of benzene rings is 2. The standard InChI is InChI=1S/C25H31N3O2S/c1-30-22-9-13-24(14-10-22)31(29)23-11-7-20(8-12-23)25(19-26)28-17-15-27(16-18-28)21-5-3-2-4-6-21/h7-14,21,25H,2-6,15-18H2,1H3. The van der Waals surface area contributed by atoms with E-state index in [1.165, 1.54) is 32.1 Å². The quantitative estimate of drug-likeness (QED) is 0.628. The Balaban J connectivity index is 1.38. The van der Waals surface area contributed by atoms with E-state index in [0.29, 0.717) is 0 Å². The highest BCUT2D eigenvalue weighted by Crippen LogP contribution is 2.28. The molecule has 0 aromatic heterocycles. The van der Waals surface area contributed by atoms with Gasteiger partial charge >= 0.3 is 0 Å². The second-order valence-corrected chi connectivity index (χ2v) is 9.89. The number of ether oxygens (including phenoxy) is 1. The molecule has 1 aliphatic heterocycles. The molecule has 0 N–H and O–H groups in total. The van der Waals surface area contributed by atoms with E-state index in [4.69, 9.17) is 4.74 Å². The Kier molecular flexibility index (Phi) is 7.52. The van der Waals surface area contributed by atoms with E-state index in [1.807, 2.05) is 48.5 Å². The molecule has 2 aromatic carbocycles. The van der Waals surface area contributed by atoms with Crippen LogP contribution in [0.3, 0.4) is 0 Å². The lowest BCUT2D eigenvalue weighted by Crippen LogP contribution is -2.51. The summed E-state index contributed by atoms with van der Waals surface area (Å²) in [4.78, 5) is 6.40. The van der Waals surface area contributed by atoms with Crippen molar-refractivity contribution in [3.63, 3.8) is 0 Å². The molecule has 0 radical (unpaired) electrons. The van der Waals surface area contributed by atoms with Gasteiger partial charge in [0, 0.05) is 43.4 Å². The van der Waals surface area contributed by atoms with Crippen molar-refractivity contribution in [3.8, 4) is 11.8 Å². The number of nitrogens with zero attached hydrogens (tertiary/aromatic N) is 3. The van der Waals surface area contributed by atoms with Gasteiger partial charge in [-0.05, 0) is 54.8 Å². The molecule has 0 spiro atoms. The van der Waals surface area contributed by atoms with Crippen LogP contribution < -0.4 is 4.74 Å². The fourth-order valence-electron chi connectivity index (χ4n) is 4.78. The Labute approximate surface area is 188 Å². The zero-order valence-electron chi connectivity index (χ0n) is 18.2. The van der Waals surface area contributed by atoms with Gasteiger partial charge in [-0.25, -0.2) is 0 Å². The molecule has 0 amide bonds. The second-order valence-electron chi connectivity index (χ2n) is 8.41. The predicted molar refractivity (Wildman–Crippen MR) is 122 cm³/mol. The smallest absolute Gasteiger partial charge is 0.158 e. The summed E-state index contributed by atoms with van der Waals surface area (Å²) in [7, 11) is 1.62. The van der Waals surface area contributed by atoms with Gasteiger partial charge in [0.1, 0.15) is 11.8 Å². The minimum absolute atomic E-state index is 0.253. The van der Waals surface area contributed by atoms with E-state index in [-0.39, 0.29) is 6.04 Å². The van der Waals surface area contributed by atoms with Crippen LogP contribution in [0.4, 0.5) is 0 Å². The van der Waals surface area contributed by atoms with Crippen LogP contribution in [0.25, 0.3) is 0 Å². The summed E-state index contributed by atoms with van der Waals surface area (Å²) >= 11 is -1.25. The molecule has 6 heteroatoms. The molecular weight excluding hydrogens is 406 g/mol. The summed E-state index contributed by atoms with van der Waals surface area (Å²) in [6.45, 7) is 3.94. The molecule has 0 bridgehead atoms. The summed E-state index contributed by atoms with van der Waals surface area (Å²) in [5, 5.41) is 9.88. The first-order valence-electron chi connectivity index (χ1n) is 11.2. The first kappa shape index (κ1) is 22.2. The number of nitriles is 1. The summed E-state index contributed by atoms with van der Waals surface area (Å²) in [5.41, 5.74) is 0.976. The molecule has 1 saturated carbocycles. The Morgan fingerprint density at radius 1 is 0.935 bits per heavy atom. The molecule has 1 aliphatic carbocycles. The molecule has 5 nitrogen and oxygen atoms in total. The number of piperazine rings is 1. The first-order chi connectivity index (χ1) is 15.2. The van der Waals surface area contributed by atoms with Gasteiger partial charge in [0.15, 0.2) is 9.79 Å². The molecular formula is C25H31N3O2S. The highest BCUT2D eigenvalue weighted by Gasteiger charge is 2.29. The minimum Gasteiger partial charge on any atom is -0.606 e. The summed E-state index contributed by atoms with van der Waals surface area (Å²) < 4.78 is 18.0. The van der Waals surface area contributed by atoms with Crippen molar-refractivity contribution < 1.29 is 9.29 Å². The maximum Gasteiger partial charge on any atom is 0.158 e. The number of methoxy groups -OCH3 is 1. The van der Waals surface area contributed by atoms with Gasteiger partial charge in [0.25, 0.3) is 0 Å². The summed E-state index contributed by atoms with van der Waals surface area (Å²) in [5.74, 6) is 0.747. The van der Waals surface area contributed by atoms with Gasteiger partial charge in [0.05, 0.1) is 13.2 Å². The SMILES string of the molecule is COc1ccc([S+]([O-])c2ccc(C(C#N)N3CCN(C4CCCCC4)CC3)cc2)cc1. The van der Waals surface area contributed by atoms with E-state index < -0.39 is 11.2 Å². The molecule has 1 saturated heterocycles. The molecule has 2 aromatic rings. The summed E-state index contributed by atoms with van der Waals surface area (Å²) in [6.07, 6.45) is 6.75. The number of hydrogen-bond donors (Lipinski definition) is 0. The Morgan fingerprint density at radius 3 is 2.06 bits per heavy atom. The van der Waals surface area contributed by atoms with E-state index >= 15 is 0 Å². The van der Waals surface area contributed by atoms with E-state index in [1.54, 1.807) is 7.11 Å². The van der Waals surface area contributed by atoms with Gasteiger partial charge in [0.2, 0.25) is 0 Å². The Morgan fingerprint density at radius 2 is 1.52 bits per heavy atom. The Bertz CT molecular complexity index is 867. The lowest BCUT2D eigenvalue weighted by atomic mass is 9.93. The number of hydrogen-bond acceptors (Lipinski definition) is 5. The van der Waals surface area contributed by atoms with Gasteiger partial charge in [-0.15, -0.1) is 0 Å². The van der Waals surface area contributed by atoms with Crippen LogP contribution in [0, 0.1) is 11.3 Å². The van der Waals surface area contributed by atoms with E-state index in [9.17, 15) is 9.81 Å². The molecule has 2 unspecified atom stereocenters. The van der Waals surface area contributed by atoms with Gasteiger partial charge in [-0.3, -0.25) is 9.80 Å². The maximum atomic E-state index is 12.9. The van der Waals surface area contributed by atoms with Crippen LogP contribution in [-0.4, -0.2) is 53.7 Å². The van der Waals surface area contributed by atoms with Crippen LogP contribution in [0.1, 0.15) is 43.7 Å². The van der Waals surface area contributed by atoms with Crippen molar-refractivity contribution in [1.82, 2.24) is 9.80 Å². The zero-order chi connectivity index (χ0) is 21.6. The highest BCUT2D eigenvalue weighted by atomic mass is 32.2. The van der Waals surface area contributed by atoms with Gasteiger partial charge in [-0.1, -0.05) is 31.4 Å². The van der Waals surface area contributed by atoms with Crippen molar-refractivity contribution in [3.05, 3.63) is 54.1 Å². The van der Waals surface area contributed by atoms with Crippen molar-refractivity contribution in [1.29, 1.82) is 5.26 Å². The van der Waals surface area contributed by atoms with Gasteiger partial charge in [-0.2, -0.15) is 5.26 Å². The zero-order valence-corrected chi connectivity index (χ0v) is 19.0. The predicted octanol–water partition coefficient (Wildman–Crippen LogP) is 4.38. The molecule has 4 rings (SSSR count). The van der Waals surface area contributed by atoms with Crippen molar-refractivity contribution in [2.45, 2.75) is 54.0 Å². The topological polar surface area (TPSA) is 62.6 Å². The molecule has 2 aliphatic rings. The maximum absolute atomic E-state index is 12.9. The third-order valence-corrected chi connectivity index (χ3v) is 8.01. The van der Waals surface area contributed by atoms with Crippen LogP contribution in [0.2, 0.25) is 0 Å². The minimum atomic E-state index is -1.25. The van der Waals surface area contributed by atoms with Gasteiger partial charge < -0.3 is 9.29 Å². The fraction of sp³-hybridized carbons (Fsp3) is 0.480. The first-order valence-corrected chi connectivity index (χ1v) is 12.4. The highest BCUT2D eigenvalue weighted by molar-refractivity contribution is 7.91. The van der Waals surface area contributed by atoms with Crippen LogP contribution in [0.15, 0.2) is 58.3 Å². The summed E-state index contributed by atoms with van der Waals surface area (Å²) in [6, 6.07) is 18.0. The third-order valence-electron chi connectivity index (χ3n) is 6.61.